The average Bonchev–Trinajstić information content (AvgIpc) is 2.65. The number of benzene rings is 2. The third-order valence-electron chi connectivity index (χ3n) is 3.43. The molecule has 0 aliphatic rings. The molecule has 0 fully saturated rings. The second-order valence-electron chi connectivity index (χ2n) is 5.44. The number of sulfonamides is 2. The number of hydrogen-bond acceptors (Lipinski definition) is 6. The normalized spacial score (nSPS) is 11.4. The minimum atomic E-state index is -4.46. The van der Waals surface area contributed by atoms with Crippen LogP contribution < -0.4 is 9.86 Å². The van der Waals surface area contributed by atoms with Gasteiger partial charge in [-0.2, -0.15) is 0 Å². The van der Waals surface area contributed by atoms with E-state index in [-0.39, 0.29) is 12.2 Å². The molecule has 0 atom stereocenters. The summed E-state index contributed by atoms with van der Waals surface area (Å²) in [5.74, 6) is 4.71. The van der Waals surface area contributed by atoms with Crippen LogP contribution in [0, 0.1) is 11.8 Å². The van der Waals surface area contributed by atoms with E-state index in [1.165, 1.54) is 24.3 Å². The summed E-state index contributed by atoms with van der Waals surface area (Å²) in [7, 11) is -8.75. The van der Waals surface area contributed by atoms with Crippen molar-refractivity contribution >= 4 is 26.0 Å². The molecule has 0 bridgehead atoms. The summed E-state index contributed by atoms with van der Waals surface area (Å²) in [5.41, 5.74) is 0.686. The molecule has 0 spiro atoms. The van der Waals surface area contributed by atoms with Gasteiger partial charge in [-0.3, -0.25) is 4.79 Å². The maximum Gasteiger partial charge on any atom is 0.265 e. The molecule has 2 aromatic carbocycles. The lowest BCUT2D eigenvalue weighted by Crippen LogP contribution is -2.32. The Balaban J connectivity index is 2.22. The maximum atomic E-state index is 12.5. The van der Waals surface area contributed by atoms with Crippen LogP contribution in [-0.4, -0.2) is 36.0 Å². The van der Waals surface area contributed by atoms with Crippen molar-refractivity contribution < 1.29 is 26.4 Å². The molecule has 1 amide bonds. The van der Waals surface area contributed by atoms with Crippen LogP contribution in [0.4, 0.5) is 0 Å². The number of carbonyl (C=O) groups is 1. The lowest BCUT2D eigenvalue weighted by Gasteiger charge is -2.10. The lowest BCUT2D eigenvalue weighted by molar-refractivity contribution is 0.0981. The Bertz CT molecular complexity index is 1130. The highest BCUT2D eigenvalue weighted by Crippen LogP contribution is 2.19. The van der Waals surface area contributed by atoms with E-state index in [0.29, 0.717) is 12.2 Å². The summed E-state index contributed by atoms with van der Waals surface area (Å²) in [4.78, 5) is 11.1. The monoisotopic (exact) mass is 422 g/mol. The van der Waals surface area contributed by atoms with Gasteiger partial charge in [0, 0.05) is 17.7 Å². The number of amides is 1. The molecule has 0 aliphatic heterocycles. The minimum absolute atomic E-state index is 0.0621. The molecule has 0 saturated carbocycles. The maximum absolute atomic E-state index is 12.5. The van der Waals surface area contributed by atoms with Gasteiger partial charge in [-0.25, -0.2) is 26.7 Å². The fourth-order valence-corrected chi connectivity index (χ4v) is 4.50. The molecule has 10 heteroatoms. The first-order valence-corrected chi connectivity index (χ1v) is 11.0. The van der Waals surface area contributed by atoms with Gasteiger partial charge in [0.25, 0.3) is 15.9 Å². The quantitative estimate of drug-likeness (QED) is 0.524. The molecule has 0 unspecified atom stereocenters. The van der Waals surface area contributed by atoms with Crippen molar-refractivity contribution in [2.24, 2.45) is 5.14 Å². The molecule has 2 aromatic rings. The van der Waals surface area contributed by atoms with E-state index in [9.17, 15) is 21.6 Å². The molecule has 2 rings (SSSR count). The molecule has 0 heterocycles. The van der Waals surface area contributed by atoms with Crippen LogP contribution in [-0.2, 0) is 24.8 Å². The summed E-state index contributed by atoms with van der Waals surface area (Å²) in [5, 5.41) is 5.04. The van der Waals surface area contributed by atoms with Crippen molar-refractivity contribution in [1.82, 2.24) is 4.72 Å². The number of primary sulfonamides is 1. The summed E-state index contributed by atoms with van der Waals surface area (Å²) in [6.07, 6.45) is 0. The van der Waals surface area contributed by atoms with Crippen molar-refractivity contribution in [3.8, 4) is 11.8 Å². The zero-order chi connectivity index (χ0) is 20.8. The lowest BCUT2D eigenvalue weighted by atomic mass is 10.1. The van der Waals surface area contributed by atoms with Crippen molar-refractivity contribution in [2.75, 3.05) is 13.2 Å². The van der Waals surface area contributed by atoms with Crippen LogP contribution >= 0.6 is 0 Å². The van der Waals surface area contributed by atoms with Crippen LogP contribution in [0.15, 0.2) is 58.3 Å². The van der Waals surface area contributed by atoms with Gasteiger partial charge >= 0.3 is 0 Å². The minimum Gasteiger partial charge on any atom is -0.369 e. The third-order valence-corrected chi connectivity index (χ3v) is 5.92. The molecular weight excluding hydrogens is 404 g/mol. The number of ether oxygens (including phenoxy) is 1. The van der Waals surface area contributed by atoms with Gasteiger partial charge in [0.05, 0.1) is 0 Å². The third kappa shape index (κ3) is 5.64. The zero-order valence-electron chi connectivity index (χ0n) is 14.9. The van der Waals surface area contributed by atoms with Gasteiger partial charge in [-0.05, 0) is 43.3 Å². The van der Waals surface area contributed by atoms with Crippen molar-refractivity contribution in [3.63, 3.8) is 0 Å². The average molecular weight is 422 g/mol. The largest absolute Gasteiger partial charge is 0.369 e. The highest BCUT2D eigenvalue weighted by atomic mass is 32.2. The van der Waals surface area contributed by atoms with Crippen LogP contribution in [0.1, 0.15) is 22.8 Å². The van der Waals surface area contributed by atoms with E-state index in [1.807, 2.05) is 11.6 Å². The molecule has 3 N–H and O–H groups in total. The molecular formula is C18H18N2O6S2. The predicted octanol–water partition coefficient (Wildman–Crippen LogP) is 0.841. The predicted molar refractivity (Wildman–Crippen MR) is 102 cm³/mol. The second-order valence-corrected chi connectivity index (χ2v) is 8.62. The first kappa shape index (κ1) is 21.6. The van der Waals surface area contributed by atoms with Gasteiger partial charge in [0.2, 0.25) is 10.0 Å². The van der Waals surface area contributed by atoms with Gasteiger partial charge in [0.15, 0.2) is 0 Å². The standard InChI is InChI=1S/C18H18N2O6S2/c1-2-26-13-5-6-14-9-11-15(12-10-14)18(21)20-28(24,25)17-8-4-3-7-16(17)27(19,22)23/h3-4,7-12H,2,13H2,1H3,(H,20,21)(H2,19,22,23). The van der Waals surface area contributed by atoms with Crippen molar-refractivity contribution in [3.05, 3.63) is 59.7 Å². The molecule has 148 valence electrons. The summed E-state index contributed by atoms with van der Waals surface area (Å²) >= 11 is 0. The number of carbonyl (C=O) groups excluding carboxylic acids is 1. The fourth-order valence-electron chi connectivity index (χ4n) is 2.14. The summed E-state index contributed by atoms with van der Waals surface area (Å²) < 4.78 is 55.1. The molecule has 28 heavy (non-hydrogen) atoms. The first-order chi connectivity index (χ1) is 13.1. The number of rotatable bonds is 6. The highest BCUT2D eigenvalue weighted by molar-refractivity contribution is 7.92. The molecule has 0 radical (unpaired) electrons. The summed E-state index contributed by atoms with van der Waals surface area (Å²) in [6.45, 7) is 2.68. The van der Waals surface area contributed by atoms with Crippen LogP contribution in [0.3, 0.4) is 0 Å². The van der Waals surface area contributed by atoms with Crippen LogP contribution in [0.2, 0.25) is 0 Å². The van der Waals surface area contributed by atoms with E-state index >= 15 is 0 Å². The zero-order valence-corrected chi connectivity index (χ0v) is 16.5. The Morgan fingerprint density at radius 2 is 1.64 bits per heavy atom. The smallest absolute Gasteiger partial charge is 0.265 e. The van der Waals surface area contributed by atoms with Gasteiger partial charge in [0.1, 0.15) is 16.4 Å². The Hall–Kier alpha value is -2.71. The van der Waals surface area contributed by atoms with Crippen molar-refractivity contribution in [1.29, 1.82) is 0 Å². The Labute approximate surface area is 163 Å². The van der Waals surface area contributed by atoms with Crippen LogP contribution in [0.25, 0.3) is 0 Å². The van der Waals surface area contributed by atoms with E-state index in [0.717, 1.165) is 12.1 Å². The van der Waals surface area contributed by atoms with E-state index in [2.05, 4.69) is 11.8 Å². The fraction of sp³-hybridized carbons (Fsp3) is 0.167. The Morgan fingerprint density at radius 1 is 1.04 bits per heavy atom. The summed E-state index contributed by atoms with van der Waals surface area (Å²) in [6, 6.07) is 10.7. The highest BCUT2D eigenvalue weighted by Gasteiger charge is 2.26. The van der Waals surface area contributed by atoms with Gasteiger partial charge < -0.3 is 4.74 Å². The molecule has 0 saturated heterocycles. The number of hydrogen-bond donors (Lipinski definition) is 2. The molecule has 0 aromatic heterocycles. The molecule has 0 aliphatic carbocycles. The first-order valence-electron chi connectivity index (χ1n) is 8.01. The van der Waals surface area contributed by atoms with E-state index in [4.69, 9.17) is 9.88 Å². The van der Waals surface area contributed by atoms with Crippen molar-refractivity contribution in [2.45, 2.75) is 16.7 Å². The second kappa shape index (κ2) is 8.99. The Kier molecular flexibility index (Phi) is 6.93. The van der Waals surface area contributed by atoms with Gasteiger partial charge in [-0.15, -0.1) is 0 Å². The molecule has 8 nitrogen and oxygen atoms in total. The number of nitrogens with one attached hydrogen (secondary N) is 1. The topological polar surface area (TPSA) is 133 Å². The SMILES string of the molecule is CCOCC#Cc1ccc(C(=O)NS(=O)(=O)c2ccccc2S(N)(=O)=O)cc1. The number of nitrogens with two attached hydrogens (primary N) is 1. The van der Waals surface area contributed by atoms with E-state index in [1.54, 1.807) is 12.1 Å². The van der Waals surface area contributed by atoms with Crippen LogP contribution in [0.5, 0.6) is 0 Å². The van der Waals surface area contributed by atoms with Gasteiger partial charge in [-0.1, -0.05) is 24.0 Å². The Morgan fingerprint density at radius 3 is 2.21 bits per heavy atom. The van der Waals surface area contributed by atoms with E-state index < -0.39 is 35.7 Å².